The molecule has 1 aromatic rings. The highest BCUT2D eigenvalue weighted by molar-refractivity contribution is 5.35. The van der Waals surface area contributed by atoms with Gasteiger partial charge in [0.15, 0.2) is 11.5 Å². The molecule has 0 N–H and O–H groups in total. The molecule has 2 rings (SSSR count). The predicted molar refractivity (Wildman–Crippen MR) is 55.8 cm³/mol. The molecule has 0 bridgehead atoms. The normalized spacial score (nSPS) is 16.7. The van der Waals surface area contributed by atoms with Crippen LogP contribution >= 0.6 is 0 Å². The molecule has 1 aliphatic rings. The first kappa shape index (κ1) is 10.3. The number of methoxy groups -OCH3 is 1. The van der Waals surface area contributed by atoms with E-state index in [1.807, 2.05) is 0 Å². The highest BCUT2D eigenvalue weighted by Gasteiger charge is 2.19. The van der Waals surface area contributed by atoms with Gasteiger partial charge >= 0.3 is 0 Å². The van der Waals surface area contributed by atoms with Crippen molar-refractivity contribution >= 4 is 0 Å². The molecule has 1 aromatic carbocycles. The van der Waals surface area contributed by atoms with Crippen molar-refractivity contribution in [2.45, 2.75) is 31.8 Å². The second-order valence-electron chi connectivity index (χ2n) is 3.80. The van der Waals surface area contributed by atoms with Crippen molar-refractivity contribution in [2.24, 2.45) is 0 Å². The average molecular weight is 210 g/mol. The number of rotatable bonds is 3. The third-order valence-corrected chi connectivity index (χ3v) is 2.74. The fourth-order valence-electron chi connectivity index (χ4n) is 1.93. The van der Waals surface area contributed by atoms with E-state index in [1.54, 1.807) is 18.2 Å². The zero-order valence-electron chi connectivity index (χ0n) is 8.83. The summed E-state index contributed by atoms with van der Waals surface area (Å²) in [5.41, 5.74) is 0. The molecule has 0 radical (unpaired) electrons. The van der Waals surface area contributed by atoms with E-state index in [1.165, 1.54) is 20.0 Å². The summed E-state index contributed by atoms with van der Waals surface area (Å²) in [6.45, 7) is 0. The number of hydrogen-bond acceptors (Lipinski definition) is 2. The van der Waals surface area contributed by atoms with E-state index in [0.29, 0.717) is 5.75 Å². The third-order valence-electron chi connectivity index (χ3n) is 2.74. The van der Waals surface area contributed by atoms with Crippen molar-refractivity contribution < 1.29 is 13.9 Å². The van der Waals surface area contributed by atoms with Crippen molar-refractivity contribution in [3.8, 4) is 11.5 Å². The van der Waals surface area contributed by atoms with E-state index in [-0.39, 0.29) is 11.9 Å². The Morgan fingerprint density at radius 1 is 1.20 bits per heavy atom. The summed E-state index contributed by atoms with van der Waals surface area (Å²) in [7, 11) is 1.46. The first-order valence-corrected chi connectivity index (χ1v) is 5.30. The smallest absolute Gasteiger partial charge is 0.206 e. The Labute approximate surface area is 89.0 Å². The Hall–Kier alpha value is -1.25. The molecule has 82 valence electrons. The Kier molecular flexibility index (Phi) is 3.09. The molecule has 0 spiro atoms. The lowest BCUT2D eigenvalue weighted by Crippen LogP contribution is -2.12. The molecular formula is C12H15FO2. The number of benzene rings is 1. The summed E-state index contributed by atoms with van der Waals surface area (Å²) in [6.07, 6.45) is 4.58. The van der Waals surface area contributed by atoms with Crippen LogP contribution in [0, 0.1) is 5.82 Å². The van der Waals surface area contributed by atoms with Crippen LogP contribution in [0.4, 0.5) is 4.39 Å². The van der Waals surface area contributed by atoms with Gasteiger partial charge in [0.2, 0.25) is 5.82 Å². The Morgan fingerprint density at radius 2 is 1.87 bits per heavy atom. The van der Waals surface area contributed by atoms with Gasteiger partial charge in [0.1, 0.15) is 0 Å². The lowest BCUT2D eigenvalue weighted by molar-refractivity contribution is 0.198. The van der Waals surface area contributed by atoms with Crippen LogP contribution < -0.4 is 9.47 Å². The second kappa shape index (κ2) is 4.51. The SMILES string of the molecule is COc1cccc(OC2CCCC2)c1F. The third kappa shape index (κ3) is 2.22. The standard InChI is InChI=1S/C12H15FO2/c1-14-10-7-4-8-11(12(10)13)15-9-5-2-3-6-9/h4,7-9H,2-3,5-6H2,1H3. The van der Waals surface area contributed by atoms with Gasteiger partial charge in [-0.15, -0.1) is 0 Å². The molecule has 0 atom stereocenters. The molecule has 1 saturated carbocycles. The van der Waals surface area contributed by atoms with Gasteiger partial charge in [-0.05, 0) is 37.8 Å². The molecule has 0 saturated heterocycles. The van der Waals surface area contributed by atoms with Gasteiger partial charge in [-0.3, -0.25) is 0 Å². The molecule has 2 nitrogen and oxygen atoms in total. The first-order chi connectivity index (χ1) is 7.31. The molecule has 0 heterocycles. The summed E-state index contributed by atoms with van der Waals surface area (Å²) < 4.78 is 24.2. The lowest BCUT2D eigenvalue weighted by Gasteiger charge is -2.14. The predicted octanol–water partition coefficient (Wildman–Crippen LogP) is 3.16. The second-order valence-corrected chi connectivity index (χ2v) is 3.80. The van der Waals surface area contributed by atoms with Crippen LogP contribution in [0.5, 0.6) is 11.5 Å². The van der Waals surface area contributed by atoms with E-state index >= 15 is 0 Å². The van der Waals surface area contributed by atoms with Crippen LogP contribution in [-0.4, -0.2) is 13.2 Å². The van der Waals surface area contributed by atoms with Crippen molar-refractivity contribution in [1.29, 1.82) is 0 Å². The van der Waals surface area contributed by atoms with Gasteiger partial charge in [-0.2, -0.15) is 4.39 Å². The van der Waals surface area contributed by atoms with Crippen LogP contribution in [0.2, 0.25) is 0 Å². The van der Waals surface area contributed by atoms with E-state index in [0.717, 1.165) is 12.8 Å². The maximum absolute atomic E-state index is 13.7. The molecule has 0 unspecified atom stereocenters. The van der Waals surface area contributed by atoms with Crippen molar-refractivity contribution in [1.82, 2.24) is 0 Å². The molecular weight excluding hydrogens is 195 g/mol. The molecule has 1 fully saturated rings. The minimum Gasteiger partial charge on any atom is -0.494 e. The zero-order valence-corrected chi connectivity index (χ0v) is 8.83. The Morgan fingerprint density at radius 3 is 2.53 bits per heavy atom. The summed E-state index contributed by atoms with van der Waals surface area (Å²) >= 11 is 0. The van der Waals surface area contributed by atoms with Crippen molar-refractivity contribution in [3.63, 3.8) is 0 Å². The van der Waals surface area contributed by atoms with Gasteiger partial charge in [-0.1, -0.05) is 6.07 Å². The molecule has 0 aliphatic heterocycles. The van der Waals surface area contributed by atoms with Crippen molar-refractivity contribution in [3.05, 3.63) is 24.0 Å². The topological polar surface area (TPSA) is 18.5 Å². The first-order valence-electron chi connectivity index (χ1n) is 5.30. The van der Waals surface area contributed by atoms with E-state index < -0.39 is 5.82 Å². The Bertz CT molecular complexity index is 332. The molecule has 3 heteroatoms. The van der Waals surface area contributed by atoms with Crippen LogP contribution in [0.25, 0.3) is 0 Å². The number of hydrogen-bond donors (Lipinski definition) is 0. The van der Waals surface area contributed by atoms with Crippen molar-refractivity contribution in [2.75, 3.05) is 7.11 Å². The molecule has 0 aromatic heterocycles. The van der Waals surface area contributed by atoms with Gasteiger partial charge in [0.25, 0.3) is 0 Å². The fourth-order valence-corrected chi connectivity index (χ4v) is 1.93. The maximum Gasteiger partial charge on any atom is 0.206 e. The van der Waals surface area contributed by atoms with Crippen LogP contribution in [0.15, 0.2) is 18.2 Å². The highest BCUT2D eigenvalue weighted by atomic mass is 19.1. The lowest BCUT2D eigenvalue weighted by atomic mass is 10.3. The molecule has 15 heavy (non-hydrogen) atoms. The van der Waals surface area contributed by atoms with Gasteiger partial charge < -0.3 is 9.47 Å². The molecule has 1 aliphatic carbocycles. The van der Waals surface area contributed by atoms with Gasteiger partial charge in [0, 0.05) is 0 Å². The highest BCUT2D eigenvalue weighted by Crippen LogP contribution is 2.30. The number of halogens is 1. The number of ether oxygens (including phenoxy) is 2. The van der Waals surface area contributed by atoms with Crippen LogP contribution in [-0.2, 0) is 0 Å². The Balaban J connectivity index is 2.13. The minimum absolute atomic E-state index is 0.173. The van der Waals surface area contributed by atoms with E-state index in [4.69, 9.17) is 9.47 Å². The van der Waals surface area contributed by atoms with Crippen LogP contribution in [0.1, 0.15) is 25.7 Å². The molecule has 0 amide bonds. The van der Waals surface area contributed by atoms with Gasteiger partial charge in [0.05, 0.1) is 13.2 Å². The maximum atomic E-state index is 13.7. The average Bonchev–Trinajstić information content (AvgIpc) is 2.74. The summed E-state index contributed by atoms with van der Waals surface area (Å²) in [5.74, 6) is 0.152. The minimum atomic E-state index is -0.396. The summed E-state index contributed by atoms with van der Waals surface area (Å²) in [4.78, 5) is 0. The van der Waals surface area contributed by atoms with E-state index in [9.17, 15) is 4.39 Å². The quantitative estimate of drug-likeness (QED) is 0.763. The van der Waals surface area contributed by atoms with Crippen LogP contribution in [0.3, 0.4) is 0 Å². The van der Waals surface area contributed by atoms with E-state index in [2.05, 4.69) is 0 Å². The fraction of sp³-hybridized carbons (Fsp3) is 0.500. The van der Waals surface area contributed by atoms with Gasteiger partial charge in [-0.25, -0.2) is 0 Å². The summed E-state index contributed by atoms with van der Waals surface area (Å²) in [5, 5.41) is 0. The monoisotopic (exact) mass is 210 g/mol. The zero-order chi connectivity index (χ0) is 10.7. The summed E-state index contributed by atoms with van der Waals surface area (Å²) in [6, 6.07) is 4.99. The largest absolute Gasteiger partial charge is 0.494 e.